The van der Waals surface area contributed by atoms with Crippen LogP contribution in [-0.4, -0.2) is 28.4 Å². The smallest absolute Gasteiger partial charge is 0.163 e. The first kappa shape index (κ1) is 10.1. The summed E-state index contributed by atoms with van der Waals surface area (Å²) in [5.41, 5.74) is 5.54. The van der Waals surface area contributed by atoms with Crippen molar-refractivity contribution >= 4 is 0 Å². The van der Waals surface area contributed by atoms with Gasteiger partial charge in [-0.2, -0.15) is 0 Å². The molecule has 0 aliphatic rings. The number of rotatable bonds is 4. The van der Waals surface area contributed by atoms with Gasteiger partial charge in [-0.15, -0.1) is 10.2 Å². The molecular weight excluding hydrogens is 168 g/mol. The van der Waals surface area contributed by atoms with Gasteiger partial charge in [0.25, 0.3) is 0 Å². The second-order valence-electron chi connectivity index (χ2n) is 3.15. The maximum atomic E-state index is 5.54. The minimum Gasteiger partial charge on any atom is -0.372 e. The average Bonchev–Trinajstić information content (AvgIpc) is 2.55. The molecule has 0 fully saturated rings. The third-order valence-corrected chi connectivity index (χ3v) is 1.94. The van der Waals surface area contributed by atoms with Crippen molar-refractivity contribution in [3.63, 3.8) is 0 Å². The van der Waals surface area contributed by atoms with Gasteiger partial charge in [0.2, 0.25) is 0 Å². The molecule has 0 amide bonds. The minimum absolute atomic E-state index is 0.162. The highest BCUT2D eigenvalue weighted by Crippen LogP contribution is 2.15. The molecule has 2 N–H and O–H groups in total. The standard InChI is InChI=1S/C8H16N4O/c1-6(2)12-5-10-11-8(12)7(4-9)13-3/h5-7H,4,9H2,1-3H3. The first-order chi connectivity index (χ1) is 6.20. The fourth-order valence-electron chi connectivity index (χ4n) is 1.19. The van der Waals surface area contributed by atoms with Gasteiger partial charge in [0, 0.05) is 19.7 Å². The molecule has 1 rings (SSSR count). The van der Waals surface area contributed by atoms with E-state index >= 15 is 0 Å². The maximum Gasteiger partial charge on any atom is 0.163 e. The van der Waals surface area contributed by atoms with E-state index in [1.807, 2.05) is 4.57 Å². The van der Waals surface area contributed by atoms with Crippen LogP contribution >= 0.6 is 0 Å². The van der Waals surface area contributed by atoms with E-state index < -0.39 is 0 Å². The molecule has 0 saturated heterocycles. The van der Waals surface area contributed by atoms with Crippen molar-refractivity contribution in [2.24, 2.45) is 5.73 Å². The Bertz CT molecular complexity index is 254. The van der Waals surface area contributed by atoms with Gasteiger partial charge >= 0.3 is 0 Å². The van der Waals surface area contributed by atoms with Crippen molar-refractivity contribution in [1.29, 1.82) is 0 Å². The van der Waals surface area contributed by atoms with Gasteiger partial charge in [-0.1, -0.05) is 0 Å². The van der Waals surface area contributed by atoms with Gasteiger partial charge in [0.15, 0.2) is 5.82 Å². The number of ether oxygens (including phenoxy) is 1. The van der Waals surface area contributed by atoms with Crippen molar-refractivity contribution in [1.82, 2.24) is 14.8 Å². The zero-order valence-electron chi connectivity index (χ0n) is 8.27. The van der Waals surface area contributed by atoms with Crippen molar-refractivity contribution in [3.8, 4) is 0 Å². The van der Waals surface area contributed by atoms with Gasteiger partial charge in [-0.3, -0.25) is 0 Å². The van der Waals surface area contributed by atoms with E-state index in [1.165, 1.54) is 0 Å². The SMILES string of the molecule is COC(CN)c1nncn1C(C)C. The van der Waals surface area contributed by atoms with E-state index in [9.17, 15) is 0 Å². The van der Waals surface area contributed by atoms with Crippen LogP contribution in [0.25, 0.3) is 0 Å². The molecule has 1 unspecified atom stereocenters. The Labute approximate surface area is 77.9 Å². The largest absolute Gasteiger partial charge is 0.372 e. The molecule has 5 nitrogen and oxygen atoms in total. The van der Waals surface area contributed by atoms with Crippen LogP contribution < -0.4 is 5.73 Å². The number of nitrogens with zero attached hydrogens (tertiary/aromatic N) is 3. The number of hydrogen-bond acceptors (Lipinski definition) is 4. The number of methoxy groups -OCH3 is 1. The molecule has 0 bridgehead atoms. The summed E-state index contributed by atoms with van der Waals surface area (Å²) >= 11 is 0. The summed E-state index contributed by atoms with van der Waals surface area (Å²) in [6, 6.07) is 0.328. The second kappa shape index (κ2) is 4.34. The van der Waals surface area contributed by atoms with E-state index in [4.69, 9.17) is 10.5 Å². The third-order valence-electron chi connectivity index (χ3n) is 1.94. The zero-order valence-corrected chi connectivity index (χ0v) is 8.27. The van der Waals surface area contributed by atoms with E-state index in [0.29, 0.717) is 12.6 Å². The molecule has 0 aromatic carbocycles. The highest BCUT2D eigenvalue weighted by atomic mass is 16.5. The normalized spacial score (nSPS) is 13.6. The van der Waals surface area contributed by atoms with Gasteiger partial charge in [-0.05, 0) is 13.8 Å². The molecule has 13 heavy (non-hydrogen) atoms. The Kier molecular flexibility index (Phi) is 3.39. The van der Waals surface area contributed by atoms with E-state index in [1.54, 1.807) is 13.4 Å². The quantitative estimate of drug-likeness (QED) is 0.740. The van der Waals surface area contributed by atoms with Gasteiger partial charge in [-0.25, -0.2) is 0 Å². The molecule has 0 radical (unpaired) electrons. The third kappa shape index (κ3) is 2.05. The molecule has 74 valence electrons. The number of hydrogen-bond donors (Lipinski definition) is 1. The molecule has 0 saturated carbocycles. The predicted octanol–water partition coefficient (Wildman–Crippen LogP) is 0.505. The maximum absolute atomic E-state index is 5.54. The summed E-state index contributed by atoms with van der Waals surface area (Å²) in [5.74, 6) is 0.792. The number of aromatic nitrogens is 3. The summed E-state index contributed by atoms with van der Waals surface area (Å²) in [6.45, 7) is 4.55. The Morgan fingerprint density at radius 1 is 1.62 bits per heavy atom. The zero-order chi connectivity index (χ0) is 9.84. The molecule has 0 spiro atoms. The molecule has 0 aliphatic heterocycles. The van der Waals surface area contributed by atoms with Gasteiger partial charge < -0.3 is 15.0 Å². The molecule has 1 heterocycles. The highest BCUT2D eigenvalue weighted by molar-refractivity contribution is 4.94. The van der Waals surface area contributed by atoms with Crippen LogP contribution in [0.5, 0.6) is 0 Å². The topological polar surface area (TPSA) is 66.0 Å². The van der Waals surface area contributed by atoms with Gasteiger partial charge in [0.1, 0.15) is 12.4 Å². The summed E-state index contributed by atoms with van der Waals surface area (Å²) in [4.78, 5) is 0. The minimum atomic E-state index is -0.162. The molecule has 1 atom stereocenters. The van der Waals surface area contributed by atoms with Crippen LogP contribution in [0.15, 0.2) is 6.33 Å². The van der Waals surface area contributed by atoms with E-state index in [-0.39, 0.29) is 6.10 Å². The summed E-state index contributed by atoms with van der Waals surface area (Å²) in [6.07, 6.45) is 1.53. The molecular formula is C8H16N4O. The Morgan fingerprint density at radius 3 is 2.77 bits per heavy atom. The summed E-state index contributed by atoms with van der Waals surface area (Å²) < 4.78 is 7.15. The van der Waals surface area contributed by atoms with Crippen molar-refractivity contribution in [2.75, 3.05) is 13.7 Å². The van der Waals surface area contributed by atoms with Crippen molar-refractivity contribution in [2.45, 2.75) is 26.0 Å². The summed E-state index contributed by atoms with van der Waals surface area (Å²) in [7, 11) is 1.62. The highest BCUT2D eigenvalue weighted by Gasteiger charge is 2.16. The van der Waals surface area contributed by atoms with E-state index in [0.717, 1.165) is 5.82 Å². The van der Waals surface area contributed by atoms with Crippen LogP contribution in [0.4, 0.5) is 0 Å². The van der Waals surface area contributed by atoms with Crippen LogP contribution in [-0.2, 0) is 4.74 Å². The molecule has 1 aromatic heterocycles. The van der Waals surface area contributed by atoms with Crippen LogP contribution in [0.1, 0.15) is 31.8 Å². The molecule has 1 aromatic rings. The Balaban J connectivity index is 2.91. The monoisotopic (exact) mass is 184 g/mol. The first-order valence-corrected chi connectivity index (χ1v) is 4.33. The molecule has 0 aliphatic carbocycles. The van der Waals surface area contributed by atoms with Crippen LogP contribution in [0, 0.1) is 0 Å². The first-order valence-electron chi connectivity index (χ1n) is 4.33. The van der Waals surface area contributed by atoms with Crippen molar-refractivity contribution in [3.05, 3.63) is 12.2 Å². The molecule has 5 heteroatoms. The van der Waals surface area contributed by atoms with Gasteiger partial charge in [0.05, 0.1) is 0 Å². The number of nitrogens with two attached hydrogens (primary N) is 1. The lowest BCUT2D eigenvalue weighted by molar-refractivity contribution is 0.0983. The lowest BCUT2D eigenvalue weighted by Gasteiger charge is -2.15. The predicted molar refractivity (Wildman–Crippen MR) is 49.2 cm³/mol. The van der Waals surface area contributed by atoms with E-state index in [2.05, 4.69) is 24.0 Å². The lowest BCUT2D eigenvalue weighted by atomic mass is 10.3. The van der Waals surface area contributed by atoms with Crippen LogP contribution in [0.2, 0.25) is 0 Å². The Hall–Kier alpha value is -0.940. The van der Waals surface area contributed by atoms with Crippen LogP contribution in [0.3, 0.4) is 0 Å². The fourth-order valence-corrected chi connectivity index (χ4v) is 1.19. The lowest BCUT2D eigenvalue weighted by Crippen LogP contribution is -2.19. The Morgan fingerprint density at radius 2 is 2.31 bits per heavy atom. The summed E-state index contributed by atoms with van der Waals surface area (Å²) in [5, 5.41) is 7.82. The fraction of sp³-hybridized carbons (Fsp3) is 0.750. The average molecular weight is 184 g/mol. The second-order valence-corrected chi connectivity index (χ2v) is 3.15. The van der Waals surface area contributed by atoms with Crippen molar-refractivity contribution < 1.29 is 4.74 Å².